The predicted molar refractivity (Wildman–Crippen MR) is 118 cm³/mol. The molecule has 0 radical (unpaired) electrons. The molecule has 1 heterocycles. The van der Waals surface area contributed by atoms with Gasteiger partial charge in [0, 0.05) is 37.7 Å². The average Bonchev–Trinajstić information content (AvgIpc) is 2.74. The maximum atomic E-state index is 12.2. The normalized spacial score (nSPS) is 15.4. The molecule has 3 rings (SSSR count). The molecule has 30 heavy (non-hydrogen) atoms. The van der Waals surface area contributed by atoms with Gasteiger partial charge in [-0.1, -0.05) is 23.7 Å². The number of piperazine rings is 1. The van der Waals surface area contributed by atoms with E-state index in [4.69, 9.17) is 16.3 Å². The number of benzene rings is 2. The highest BCUT2D eigenvalue weighted by Crippen LogP contribution is 2.26. The van der Waals surface area contributed by atoms with E-state index in [9.17, 15) is 9.90 Å². The van der Waals surface area contributed by atoms with E-state index in [0.29, 0.717) is 18.9 Å². The zero-order chi connectivity index (χ0) is 21.3. The molecule has 0 spiro atoms. The van der Waals surface area contributed by atoms with E-state index >= 15 is 0 Å². The highest BCUT2D eigenvalue weighted by atomic mass is 35.5. The summed E-state index contributed by atoms with van der Waals surface area (Å²) in [5.74, 6) is 0.318. The Morgan fingerprint density at radius 2 is 1.87 bits per heavy atom. The molecule has 0 atom stereocenters. The van der Waals surface area contributed by atoms with Crippen LogP contribution in [0.15, 0.2) is 47.6 Å². The van der Waals surface area contributed by atoms with Crippen LogP contribution in [0.4, 0.5) is 0 Å². The van der Waals surface area contributed by atoms with E-state index in [1.54, 1.807) is 12.1 Å². The van der Waals surface area contributed by atoms with Gasteiger partial charge in [-0.15, -0.1) is 0 Å². The minimum atomic E-state index is -0.152. The van der Waals surface area contributed by atoms with Gasteiger partial charge in [0.15, 0.2) is 11.5 Å². The Hall–Kier alpha value is -2.61. The first-order valence-electron chi connectivity index (χ1n) is 10.0. The number of phenolic OH excluding ortho intramolecular Hbond substituents is 1. The predicted octanol–water partition coefficient (Wildman–Crippen LogP) is 2.71. The fourth-order valence-electron chi connectivity index (χ4n) is 3.25. The number of carbonyl (C=O) groups is 1. The number of hydrogen-bond donors (Lipinski definition) is 2. The Balaban J connectivity index is 1.40. The van der Waals surface area contributed by atoms with Crippen LogP contribution >= 0.6 is 11.6 Å². The molecule has 1 amide bonds. The summed E-state index contributed by atoms with van der Waals surface area (Å²) in [6, 6.07) is 12.8. The maximum Gasteiger partial charge on any atom is 0.254 e. The van der Waals surface area contributed by atoms with Crippen LogP contribution < -0.4 is 10.2 Å². The molecule has 1 aliphatic heterocycles. The third-order valence-electron chi connectivity index (χ3n) is 4.84. The van der Waals surface area contributed by atoms with Gasteiger partial charge < -0.3 is 9.84 Å². The minimum absolute atomic E-state index is 0.0771. The largest absolute Gasteiger partial charge is 0.504 e. The monoisotopic (exact) mass is 430 g/mol. The minimum Gasteiger partial charge on any atom is -0.504 e. The van der Waals surface area contributed by atoms with Crippen molar-refractivity contribution in [1.29, 1.82) is 0 Å². The van der Waals surface area contributed by atoms with E-state index < -0.39 is 0 Å². The maximum absolute atomic E-state index is 12.2. The van der Waals surface area contributed by atoms with Crippen LogP contribution in [0.5, 0.6) is 11.5 Å². The number of halogens is 1. The van der Waals surface area contributed by atoms with Crippen molar-refractivity contribution in [2.75, 3.05) is 39.3 Å². The highest BCUT2D eigenvalue weighted by molar-refractivity contribution is 6.30. The van der Waals surface area contributed by atoms with Crippen LogP contribution in [0.1, 0.15) is 18.1 Å². The Bertz CT molecular complexity index is 865. The number of nitrogens with one attached hydrogen (secondary N) is 1. The summed E-state index contributed by atoms with van der Waals surface area (Å²) < 4.78 is 5.34. The number of phenols is 1. The standard InChI is InChI=1S/C22H27ClN4O3/c1-2-30-21-13-18(5-8-20(21)28)14-24-25-22(29)16-27-11-9-26(10-12-27)15-17-3-6-19(23)7-4-17/h3-8,13-14,28H,2,9-12,15-16H2,1H3,(H,25,29)/b24-14-. The fraction of sp³-hybridized carbons (Fsp3) is 0.364. The second kappa shape index (κ2) is 11.0. The van der Waals surface area contributed by atoms with Crippen LogP contribution in [-0.2, 0) is 11.3 Å². The molecule has 1 fully saturated rings. The molecule has 0 saturated carbocycles. The molecular formula is C22H27ClN4O3. The second-order valence-electron chi connectivity index (χ2n) is 7.13. The summed E-state index contributed by atoms with van der Waals surface area (Å²) in [5, 5.41) is 14.5. The van der Waals surface area contributed by atoms with Gasteiger partial charge in [0.05, 0.1) is 19.4 Å². The van der Waals surface area contributed by atoms with E-state index in [1.165, 1.54) is 17.8 Å². The van der Waals surface area contributed by atoms with E-state index in [2.05, 4.69) is 20.3 Å². The summed E-state index contributed by atoms with van der Waals surface area (Å²) in [6.45, 7) is 6.99. The lowest BCUT2D eigenvalue weighted by Gasteiger charge is -2.34. The van der Waals surface area contributed by atoms with Gasteiger partial charge >= 0.3 is 0 Å². The van der Waals surface area contributed by atoms with Gasteiger partial charge in [-0.05, 0) is 48.4 Å². The Morgan fingerprint density at radius 1 is 1.17 bits per heavy atom. The van der Waals surface area contributed by atoms with Crippen molar-refractivity contribution in [3.8, 4) is 11.5 Å². The van der Waals surface area contributed by atoms with Gasteiger partial charge in [0.1, 0.15) is 0 Å². The smallest absolute Gasteiger partial charge is 0.254 e. The van der Waals surface area contributed by atoms with Crippen LogP contribution in [-0.4, -0.2) is 66.4 Å². The molecule has 7 nitrogen and oxygen atoms in total. The Labute approximate surface area is 181 Å². The zero-order valence-corrected chi connectivity index (χ0v) is 17.8. The van der Waals surface area contributed by atoms with Gasteiger partial charge in [0.25, 0.3) is 5.91 Å². The molecular weight excluding hydrogens is 404 g/mol. The first-order chi connectivity index (χ1) is 14.5. The van der Waals surface area contributed by atoms with Crippen LogP contribution in [0.3, 0.4) is 0 Å². The van der Waals surface area contributed by atoms with Crippen molar-refractivity contribution in [3.05, 3.63) is 58.6 Å². The molecule has 0 aromatic heterocycles. The first-order valence-corrected chi connectivity index (χ1v) is 10.4. The average molecular weight is 431 g/mol. The van der Waals surface area contributed by atoms with Crippen molar-refractivity contribution >= 4 is 23.7 Å². The van der Waals surface area contributed by atoms with Gasteiger partial charge in [-0.2, -0.15) is 5.10 Å². The lowest BCUT2D eigenvalue weighted by atomic mass is 10.2. The van der Waals surface area contributed by atoms with Gasteiger partial charge in [-0.3, -0.25) is 14.6 Å². The molecule has 2 aromatic carbocycles. The van der Waals surface area contributed by atoms with Crippen molar-refractivity contribution in [1.82, 2.24) is 15.2 Å². The zero-order valence-electron chi connectivity index (χ0n) is 17.1. The number of ether oxygens (including phenoxy) is 1. The number of amides is 1. The molecule has 0 bridgehead atoms. The van der Waals surface area contributed by atoms with Crippen LogP contribution in [0.2, 0.25) is 5.02 Å². The summed E-state index contributed by atoms with van der Waals surface area (Å²) >= 11 is 5.94. The Kier molecular flexibility index (Phi) is 8.07. The molecule has 2 aromatic rings. The quantitative estimate of drug-likeness (QED) is 0.497. The van der Waals surface area contributed by atoms with Gasteiger partial charge in [0.2, 0.25) is 0 Å². The van der Waals surface area contributed by atoms with Crippen molar-refractivity contribution in [3.63, 3.8) is 0 Å². The number of rotatable bonds is 8. The third-order valence-corrected chi connectivity index (χ3v) is 5.09. The summed E-state index contributed by atoms with van der Waals surface area (Å²) in [6.07, 6.45) is 1.53. The SMILES string of the molecule is CCOc1cc(/C=N\NC(=O)CN2CCN(Cc3ccc(Cl)cc3)CC2)ccc1O. The van der Waals surface area contributed by atoms with Crippen LogP contribution in [0, 0.1) is 0 Å². The molecule has 1 saturated heterocycles. The lowest BCUT2D eigenvalue weighted by Crippen LogP contribution is -2.48. The van der Waals surface area contributed by atoms with Crippen molar-refractivity contribution in [2.45, 2.75) is 13.5 Å². The second-order valence-corrected chi connectivity index (χ2v) is 7.57. The van der Waals surface area contributed by atoms with Crippen molar-refractivity contribution in [2.24, 2.45) is 5.10 Å². The summed E-state index contributed by atoms with van der Waals surface area (Å²) in [5.41, 5.74) is 4.53. The van der Waals surface area contributed by atoms with E-state index in [-0.39, 0.29) is 11.7 Å². The number of carbonyl (C=O) groups excluding carboxylic acids is 1. The fourth-order valence-corrected chi connectivity index (χ4v) is 3.38. The summed E-state index contributed by atoms with van der Waals surface area (Å²) in [7, 11) is 0. The van der Waals surface area contributed by atoms with E-state index in [0.717, 1.165) is 43.3 Å². The first kappa shape index (κ1) is 22.1. The number of hydrogen-bond acceptors (Lipinski definition) is 6. The third kappa shape index (κ3) is 6.73. The molecule has 8 heteroatoms. The summed E-state index contributed by atoms with van der Waals surface area (Å²) in [4.78, 5) is 16.7. The molecule has 0 unspecified atom stereocenters. The number of aromatic hydroxyl groups is 1. The molecule has 1 aliphatic rings. The molecule has 160 valence electrons. The molecule has 2 N–H and O–H groups in total. The lowest BCUT2D eigenvalue weighted by molar-refractivity contribution is -0.122. The van der Waals surface area contributed by atoms with Gasteiger partial charge in [-0.25, -0.2) is 5.43 Å². The Morgan fingerprint density at radius 3 is 2.57 bits per heavy atom. The molecule has 0 aliphatic carbocycles. The number of nitrogens with zero attached hydrogens (tertiary/aromatic N) is 3. The van der Waals surface area contributed by atoms with E-state index in [1.807, 2.05) is 31.2 Å². The van der Waals surface area contributed by atoms with Crippen molar-refractivity contribution < 1.29 is 14.6 Å². The van der Waals surface area contributed by atoms with Crippen LogP contribution in [0.25, 0.3) is 0 Å². The highest BCUT2D eigenvalue weighted by Gasteiger charge is 2.18. The topological polar surface area (TPSA) is 77.4 Å². The number of hydrazone groups is 1.